The fourth-order valence-corrected chi connectivity index (χ4v) is 2.87. The van der Waals surface area contributed by atoms with Crippen LogP contribution in [0.4, 0.5) is 0 Å². The molecule has 1 aliphatic carbocycles. The van der Waals surface area contributed by atoms with Crippen molar-refractivity contribution in [2.24, 2.45) is 0 Å². The normalized spacial score (nSPS) is 18.0. The van der Waals surface area contributed by atoms with Crippen molar-refractivity contribution >= 4 is 5.97 Å². The number of carbonyl (C=O) groups is 1. The molecular weight excluding hydrogens is 240 g/mol. The van der Waals surface area contributed by atoms with Crippen LogP contribution in [0, 0.1) is 0 Å². The van der Waals surface area contributed by atoms with E-state index in [9.17, 15) is 4.79 Å². The van der Waals surface area contributed by atoms with Gasteiger partial charge in [0, 0.05) is 0 Å². The van der Waals surface area contributed by atoms with Gasteiger partial charge >= 0.3 is 5.97 Å². The number of hydrogen-bond donors (Lipinski definition) is 1. The van der Waals surface area contributed by atoms with E-state index in [0.717, 1.165) is 37.7 Å². The Morgan fingerprint density at radius 3 is 2.37 bits per heavy atom. The van der Waals surface area contributed by atoms with Gasteiger partial charge in [0.1, 0.15) is 12.2 Å². The molecule has 1 N–H and O–H groups in total. The third-order valence-corrected chi connectivity index (χ3v) is 3.99. The third-order valence-electron chi connectivity index (χ3n) is 3.99. The fourth-order valence-electron chi connectivity index (χ4n) is 2.87. The molecule has 1 fully saturated rings. The average molecular weight is 262 g/mol. The van der Waals surface area contributed by atoms with E-state index in [4.69, 9.17) is 9.84 Å². The molecule has 1 aliphatic rings. The highest BCUT2D eigenvalue weighted by Crippen LogP contribution is 2.40. The molecule has 1 aromatic rings. The Balaban J connectivity index is 2.27. The van der Waals surface area contributed by atoms with Crippen molar-refractivity contribution in [1.82, 2.24) is 0 Å². The van der Waals surface area contributed by atoms with Crippen LogP contribution in [-0.4, -0.2) is 17.7 Å². The van der Waals surface area contributed by atoms with Gasteiger partial charge in [0.15, 0.2) is 0 Å². The Bertz CT molecular complexity index is 416. The maximum absolute atomic E-state index is 11.5. The van der Waals surface area contributed by atoms with E-state index < -0.39 is 18.2 Å². The standard InChI is InChI=1S/C16H22O3/c1-2-13-6-8-14(9-7-13)16(19-15(18)12-17)10-4-3-5-11-16/h6-9,17H,2-5,10-12H2,1H3. The summed E-state index contributed by atoms with van der Waals surface area (Å²) in [4.78, 5) is 11.5. The highest BCUT2D eigenvalue weighted by Gasteiger charge is 2.37. The van der Waals surface area contributed by atoms with E-state index in [0.29, 0.717) is 0 Å². The summed E-state index contributed by atoms with van der Waals surface area (Å²) in [6, 6.07) is 8.32. The largest absolute Gasteiger partial charge is 0.452 e. The first-order valence-corrected chi connectivity index (χ1v) is 7.12. The molecule has 0 spiro atoms. The van der Waals surface area contributed by atoms with Crippen LogP contribution in [-0.2, 0) is 21.6 Å². The zero-order chi connectivity index (χ0) is 13.7. The molecule has 3 heteroatoms. The molecule has 0 bridgehead atoms. The van der Waals surface area contributed by atoms with E-state index in [1.54, 1.807) is 0 Å². The van der Waals surface area contributed by atoms with Gasteiger partial charge in [0.05, 0.1) is 0 Å². The zero-order valence-corrected chi connectivity index (χ0v) is 11.5. The molecular formula is C16H22O3. The van der Waals surface area contributed by atoms with Crippen molar-refractivity contribution in [3.8, 4) is 0 Å². The number of aryl methyl sites for hydroxylation is 1. The molecule has 0 aliphatic heterocycles. The molecule has 0 heterocycles. The van der Waals surface area contributed by atoms with Crippen molar-refractivity contribution in [3.05, 3.63) is 35.4 Å². The van der Waals surface area contributed by atoms with Crippen LogP contribution in [0.3, 0.4) is 0 Å². The maximum Gasteiger partial charge on any atom is 0.332 e. The number of esters is 1. The molecule has 0 amide bonds. The lowest BCUT2D eigenvalue weighted by atomic mass is 9.79. The van der Waals surface area contributed by atoms with Crippen LogP contribution in [0.15, 0.2) is 24.3 Å². The van der Waals surface area contributed by atoms with E-state index in [1.165, 1.54) is 12.0 Å². The molecule has 1 saturated carbocycles. The van der Waals surface area contributed by atoms with Gasteiger partial charge in [0.2, 0.25) is 0 Å². The van der Waals surface area contributed by atoms with Gasteiger partial charge < -0.3 is 9.84 Å². The van der Waals surface area contributed by atoms with Gasteiger partial charge in [-0.1, -0.05) is 37.6 Å². The number of hydrogen-bond acceptors (Lipinski definition) is 3. The first-order chi connectivity index (χ1) is 9.20. The summed E-state index contributed by atoms with van der Waals surface area (Å²) < 4.78 is 5.60. The highest BCUT2D eigenvalue weighted by molar-refractivity contribution is 5.71. The van der Waals surface area contributed by atoms with Gasteiger partial charge in [-0.25, -0.2) is 4.79 Å². The van der Waals surface area contributed by atoms with Gasteiger partial charge in [0.25, 0.3) is 0 Å². The second kappa shape index (κ2) is 6.20. The highest BCUT2D eigenvalue weighted by atomic mass is 16.6. The van der Waals surface area contributed by atoms with Crippen LogP contribution in [0.5, 0.6) is 0 Å². The van der Waals surface area contributed by atoms with Crippen molar-refractivity contribution < 1.29 is 14.6 Å². The number of rotatable bonds is 4. The van der Waals surface area contributed by atoms with Gasteiger partial charge in [-0.3, -0.25) is 0 Å². The van der Waals surface area contributed by atoms with Crippen LogP contribution in [0.1, 0.15) is 50.2 Å². The Hall–Kier alpha value is -1.35. The number of aliphatic hydroxyl groups is 1. The Morgan fingerprint density at radius 2 is 1.84 bits per heavy atom. The smallest absolute Gasteiger partial charge is 0.332 e. The monoisotopic (exact) mass is 262 g/mol. The minimum absolute atomic E-state index is 0.523. The second-order valence-corrected chi connectivity index (χ2v) is 5.24. The van der Waals surface area contributed by atoms with E-state index >= 15 is 0 Å². The van der Waals surface area contributed by atoms with E-state index in [-0.39, 0.29) is 0 Å². The molecule has 1 aromatic carbocycles. The van der Waals surface area contributed by atoms with Crippen LogP contribution in [0.2, 0.25) is 0 Å². The molecule has 0 radical (unpaired) electrons. The fraction of sp³-hybridized carbons (Fsp3) is 0.562. The van der Waals surface area contributed by atoms with Gasteiger partial charge in [-0.2, -0.15) is 0 Å². The Morgan fingerprint density at radius 1 is 1.21 bits per heavy atom. The summed E-state index contributed by atoms with van der Waals surface area (Å²) >= 11 is 0. The van der Waals surface area contributed by atoms with Crippen molar-refractivity contribution in [1.29, 1.82) is 0 Å². The molecule has 2 rings (SSSR count). The molecule has 0 aromatic heterocycles. The minimum Gasteiger partial charge on any atom is -0.452 e. The quantitative estimate of drug-likeness (QED) is 0.849. The van der Waals surface area contributed by atoms with Crippen molar-refractivity contribution in [2.45, 2.75) is 51.0 Å². The molecule has 104 valence electrons. The SMILES string of the molecule is CCc1ccc(C2(OC(=O)CO)CCCCC2)cc1. The predicted octanol–water partition coefficient (Wildman–Crippen LogP) is 2.94. The lowest BCUT2D eigenvalue weighted by Gasteiger charge is -2.37. The summed E-state index contributed by atoms with van der Waals surface area (Å²) in [6.45, 7) is 1.58. The Kier molecular flexibility index (Phi) is 4.59. The summed E-state index contributed by atoms with van der Waals surface area (Å²) in [5.74, 6) is -0.526. The number of ether oxygens (including phenoxy) is 1. The number of benzene rings is 1. The molecule has 0 unspecified atom stereocenters. The number of carbonyl (C=O) groups excluding carboxylic acids is 1. The predicted molar refractivity (Wildman–Crippen MR) is 73.8 cm³/mol. The lowest BCUT2D eigenvalue weighted by molar-refractivity contribution is -0.168. The van der Waals surface area contributed by atoms with Crippen LogP contribution < -0.4 is 0 Å². The van der Waals surface area contributed by atoms with E-state index in [1.807, 2.05) is 0 Å². The summed E-state index contributed by atoms with van der Waals surface area (Å²) in [5, 5.41) is 8.93. The van der Waals surface area contributed by atoms with Gasteiger partial charge in [-0.05, 0) is 43.2 Å². The molecule has 0 atom stereocenters. The van der Waals surface area contributed by atoms with Crippen LogP contribution >= 0.6 is 0 Å². The lowest BCUT2D eigenvalue weighted by Crippen LogP contribution is -2.35. The number of aliphatic hydroxyl groups excluding tert-OH is 1. The van der Waals surface area contributed by atoms with Crippen molar-refractivity contribution in [3.63, 3.8) is 0 Å². The summed E-state index contributed by atoms with van der Waals surface area (Å²) in [5.41, 5.74) is 1.82. The summed E-state index contributed by atoms with van der Waals surface area (Å²) in [7, 11) is 0. The summed E-state index contributed by atoms with van der Waals surface area (Å²) in [6.07, 6.45) is 6.02. The Labute approximate surface area is 114 Å². The first kappa shape index (κ1) is 14.1. The maximum atomic E-state index is 11.5. The average Bonchev–Trinajstić information content (AvgIpc) is 2.48. The second-order valence-electron chi connectivity index (χ2n) is 5.24. The van der Waals surface area contributed by atoms with Gasteiger partial charge in [-0.15, -0.1) is 0 Å². The molecule has 3 nitrogen and oxygen atoms in total. The van der Waals surface area contributed by atoms with E-state index in [2.05, 4.69) is 31.2 Å². The topological polar surface area (TPSA) is 46.5 Å². The molecule has 19 heavy (non-hydrogen) atoms. The third kappa shape index (κ3) is 3.16. The minimum atomic E-state index is -0.547. The first-order valence-electron chi connectivity index (χ1n) is 7.12. The van der Waals surface area contributed by atoms with Crippen LogP contribution in [0.25, 0.3) is 0 Å². The molecule has 0 saturated heterocycles. The van der Waals surface area contributed by atoms with Crippen molar-refractivity contribution in [2.75, 3.05) is 6.61 Å². The zero-order valence-electron chi connectivity index (χ0n) is 11.5.